The molecule has 4 rings (SSSR count). The van der Waals surface area contributed by atoms with E-state index in [1.165, 1.54) is 0 Å². The van der Waals surface area contributed by atoms with Crippen molar-refractivity contribution in [1.29, 1.82) is 0 Å². The minimum atomic E-state index is -0.245. The van der Waals surface area contributed by atoms with Crippen LogP contribution in [0.5, 0.6) is 0 Å². The summed E-state index contributed by atoms with van der Waals surface area (Å²) in [7, 11) is 0. The SMILES string of the molecule is Cc1cc(C(=O)Nc2cccc(C(NCCCO)c3ccccc3)c2)n(-c2cccc(CN)c2)n1. The van der Waals surface area contributed by atoms with Gasteiger partial charge in [-0.2, -0.15) is 5.10 Å². The van der Waals surface area contributed by atoms with Gasteiger partial charge in [0.05, 0.1) is 17.4 Å². The van der Waals surface area contributed by atoms with Crippen LogP contribution in [0.2, 0.25) is 0 Å². The lowest BCUT2D eigenvalue weighted by atomic mass is 9.98. The average Bonchev–Trinajstić information content (AvgIpc) is 3.29. The van der Waals surface area contributed by atoms with Crippen molar-refractivity contribution in [2.45, 2.75) is 25.9 Å². The van der Waals surface area contributed by atoms with Crippen molar-refractivity contribution in [3.63, 3.8) is 0 Å². The van der Waals surface area contributed by atoms with Crippen molar-refractivity contribution in [3.05, 3.63) is 113 Å². The van der Waals surface area contributed by atoms with Gasteiger partial charge in [0.15, 0.2) is 0 Å². The van der Waals surface area contributed by atoms with Gasteiger partial charge in [-0.25, -0.2) is 4.68 Å². The molecule has 1 unspecified atom stereocenters. The number of benzene rings is 3. The van der Waals surface area contributed by atoms with Gasteiger partial charge in [0, 0.05) is 18.8 Å². The molecular weight excluding hydrogens is 438 g/mol. The zero-order valence-corrected chi connectivity index (χ0v) is 19.8. The highest BCUT2D eigenvalue weighted by Gasteiger charge is 2.18. The van der Waals surface area contributed by atoms with Crippen LogP contribution in [0.3, 0.4) is 0 Å². The number of nitrogens with zero attached hydrogens (tertiary/aromatic N) is 2. The molecule has 1 amide bonds. The number of carbonyl (C=O) groups excluding carboxylic acids is 1. The minimum Gasteiger partial charge on any atom is -0.396 e. The molecule has 0 saturated heterocycles. The number of rotatable bonds is 10. The number of aliphatic hydroxyl groups is 1. The average molecular weight is 470 g/mol. The van der Waals surface area contributed by atoms with E-state index in [-0.39, 0.29) is 18.6 Å². The summed E-state index contributed by atoms with van der Waals surface area (Å²) in [5.74, 6) is -0.245. The second-order valence-electron chi connectivity index (χ2n) is 8.41. The van der Waals surface area contributed by atoms with Crippen molar-refractivity contribution >= 4 is 11.6 Å². The number of aromatic nitrogens is 2. The van der Waals surface area contributed by atoms with E-state index in [9.17, 15) is 9.90 Å². The summed E-state index contributed by atoms with van der Waals surface area (Å²) in [4.78, 5) is 13.3. The molecule has 4 aromatic rings. The van der Waals surface area contributed by atoms with Crippen LogP contribution in [0.4, 0.5) is 5.69 Å². The Labute approximate surface area is 205 Å². The van der Waals surface area contributed by atoms with Gasteiger partial charge in [-0.3, -0.25) is 4.79 Å². The van der Waals surface area contributed by atoms with Crippen molar-refractivity contribution in [3.8, 4) is 5.69 Å². The number of hydrogen-bond donors (Lipinski definition) is 4. The van der Waals surface area contributed by atoms with Gasteiger partial charge in [0.2, 0.25) is 0 Å². The van der Waals surface area contributed by atoms with Crippen molar-refractivity contribution in [1.82, 2.24) is 15.1 Å². The number of hydrogen-bond acceptors (Lipinski definition) is 5. The molecule has 3 aromatic carbocycles. The van der Waals surface area contributed by atoms with Gasteiger partial charge in [-0.15, -0.1) is 0 Å². The molecule has 0 aliphatic rings. The number of aliphatic hydroxyl groups excluding tert-OH is 1. The molecule has 7 nitrogen and oxygen atoms in total. The number of amides is 1. The number of nitrogens with two attached hydrogens (primary N) is 1. The monoisotopic (exact) mass is 469 g/mol. The summed E-state index contributed by atoms with van der Waals surface area (Å²) in [6, 6.07) is 27.4. The Hall–Kier alpha value is -3.78. The molecule has 1 heterocycles. The lowest BCUT2D eigenvalue weighted by Gasteiger charge is -2.20. The Morgan fingerprint density at radius 1 is 1.00 bits per heavy atom. The summed E-state index contributed by atoms with van der Waals surface area (Å²) in [6.07, 6.45) is 0.661. The minimum absolute atomic E-state index is 0.0635. The largest absolute Gasteiger partial charge is 0.396 e. The molecule has 0 saturated carbocycles. The van der Waals surface area contributed by atoms with Crippen LogP contribution in [0.25, 0.3) is 5.69 Å². The van der Waals surface area contributed by atoms with Crippen molar-refractivity contribution in [2.75, 3.05) is 18.5 Å². The molecule has 0 spiro atoms. The molecule has 7 heteroatoms. The molecule has 5 N–H and O–H groups in total. The van der Waals surface area contributed by atoms with E-state index >= 15 is 0 Å². The molecule has 0 radical (unpaired) electrons. The van der Waals surface area contributed by atoms with E-state index in [4.69, 9.17) is 5.73 Å². The molecule has 0 fully saturated rings. The molecule has 0 bridgehead atoms. The fourth-order valence-electron chi connectivity index (χ4n) is 4.06. The van der Waals surface area contributed by atoms with Crippen molar-refractivity contribution in [2.24, 2.45) is 5.73 Å². The van der Waals surface area contributed by atoms with Crippen LogP contribution in [0.15, 0.2) is 84.9 Å². The van der Waals surface area contributed by atoms with Gasteiger partial charge < -0.3 is 21.5 Å². The molecule has 35 heavy (non-hydrogen) atoms. The maximum absolute atomic E-state index is 13.3. The molecule has 180 valence electrons. The second-order valence-corrected chi connectivity index (χ2v) is 8.41. The van der Waals surface area contributed by atoms with Crippen LogP contribution in [-0.2, 0) is 6.54 Å². The zero-order chi connectivity index (χ0) is 24.6. The van der Waals surface area contributed by atoms with E-state index in [2.05, 4.69) is 27.9 Å². The Morgan fingerprint density at radius 3 is 2.54 bits per heavy atom. The Balaban J connectivity index is 1.59. The Bertz CT molecular complexity index is 1270. The van der Waals surface area contributed by atoms with Gasteiger partial charge >= 0.3 is 0 Å². The molecule has 1 atom stereocenters. The van der Waals surface area contributed by atoms with Crippen LogP contribution >= 0.6 is 0 Å². The third-order valence-corrected chi connectivity index (χ3v) is 5.75. The number of anilines is 1. The molecule has 0 aliphatic carbocycles. The number of carbonyl (C=O) groups is 1. The third-order valence-electron chi connectivity index (χ3n) is 5.75. The number of nitrogens with one attached hydrogen (secondary N) is 2. The lowest BCUT2D eigenvalue weighted by molar-refractivity contribution is 0.101. The zero-order valence-electron chi connectivity index (χ0n) is 19.8. The fraction of sp³-hybridized carbons (Fsp3) is 0.214. The maximum Gasteiger partial charge on any atom is 0.274 e. The van der Waals surface area contributed by atoms with E-state index in [1.807, 2.05) is 73.7 Å². The normalized spacial score (nSPS) is 11.9. The highest BCUT2D eigenvalue weighted by Crippen LogP contribution is 2.25. The summed E-state index contributed by atoms with van der Waals surface area (Å²) in [5, 5.41) is 20.3. The van der Waals surface area contributed by atoms with Gasteiger partial charge in [-0.05, 0) is 66.9 Å². The summed E-state index contributed by atoms with van der Waals surface area (Å²) >= 11 is 0. The molecular formula is C28H31N5O2. The summed E-state index contributed by atoms with van der Waals surface area (Å²) in [6.45, 7) is 3.08. The van der Waals surface area contributed by atoms with E-state index in [0.717, 1.165) is 28.1 Å². The molecule has 0 aliphatic heterocycles. The predicted octanol–water partition coefficient (Wildman–Crippen LogP) is 3.95. The maximum atomic E-state index is 13.3. The van der Waals surface area contributed by atoms with Gasteiger partial charge in [0.25, 0.3) is 5.91 Å². The second kappa shape index (κ2) is 11.6. The first kappa shape index (κ1) is 24.3. The third kappa shape index (κ3) is 6.02. The van der Waals surface area contributed by atoms with E-state index in [1.54, 1.807) is 10.7 Å². The van der Waals surface area contributed by atoms with Crippen LogP contribution in [0, 0.1) is 6.92 Å². The topological polar surface area (TPSA) is 105 Å². The quantitative estimate of drug-likeness (QED) is 0.263. The van der Waals surface area contributed by atoms with E-state index in [0.29, 0.717) is 30.9 Å². The first-order valence-electron chi connectivity index (χ1n) is 11.8. The van der Waals surface area contributed by atoms with Crippen LogP contribution in [-0.4, -0.2) is 33.9 Å². The first-order valence-corrected chi connectivity index (χ1v) is 11.8. The first-order chi connectivity index (χ1) is 17.1. The Morgan fingerprint density at radius 2 is 1.77 bits per heavy atom. The summed E-state index contributed by atoms with van der Waals surface area (Å²) < 4.78 is 1.65. The number of aryl methyl sites for hydroxylation is 1. The van der Waals surface area contributed by atoms with Gasteiger partial charge in [-0.1, -0.05) is 54.6 Å². The fourth-order valence-corrected chi connectivity index (χ4v) is 4.06. The lowest BCUT2D eigenvalue weighted by Crippen LogP contribution is -2.24. The Kier molecular flexibility index (Phi) is 8.05. The van der Waals surface area contributed by atoms with Gasteiger partial charge in [0.1, 0.15) is 5.69 Å². The highest BCUT2D eigenvalue weighted by atomic mass is 16.3. The molecule has 1 aromatic heterocycles. The van der Waals surface area contributed by atoms with E-state index < -0.39 is 0 Å². The van der Waals surface area contributed by atoms with Crippen molar-refractivity contribution < 1.29 is 9.90 Å². The summed E-state index contributed by atoms with van der Waals surface area (Å²) in [5.41, 5.74) is 11.6. The van der Waals surface area contributed by atoms with Crippen LogP contribution < -0.4 is 16.4 Å². The van der Waals surface area contributed by atoms with Crippen LogP contribution in [0.1, 0.15) is 45.3 Å². The smallest absolute Gasteiger partial charge is 0.274 e. The predicted molar refractivity (Wildman–Crippen MR) is 139 cm³/mol. The standard InChI is InChI=1S/C28H31N5O2/c1-20-16-26(33(32-20)25-13-5-8-21(17-25)19-29)28(35)31-24-12-6-11-23(18-24)27(30-14-7-15-34)22-9-3-2-4-10-22/h2-6,8-13,16-18,27,30,34H,7,14-15,19,29H2,1H3,(H,31,35). The highest BCUT2D eigenvalue weighted by molar-refractivity contribution is 6.03.